The molecular weight excluding hydrogens is 220 g/mol. The normalized spacial score (nSPS) is 12.4. The molecule has 2 heterocycles. The molecule has 0 aliphatic carbocycles. The summed E-state index contributed by atoms with van der Waals surface area (Å²) >= 11 is 0. The highest BCUT2D eigenvalue weighted by Crippen LogP contribution is 2.23. The third-order valence-corrected chi connectivity index (χ3v) is 2.44. The molecule has 0 spiro atoms. The first-order valence-electron chi connectivity index (χ1n) is 5.36. The van der Waals surface area contributed by atoms with E-state index in [2.05, 4.69) is 9.97 Å². The van der Waals surface area contributed by atoms with E-state index >= 15 is 0 Å². The van der Waals surface area contributed by atoms with Crippen LogP contribution < -0.4 is 4.74 Å². The highest BCUT2D eigenvalue weighted by molar-refractivity contribution is 5.19. The van der Waals surface area contributed by atoms with E-state index in [0.717, 1.165) is 5.76 Å². The van der Waals surface area contributed by atoms with E-state index in [4.69, 9.17) is 9.15 Å². The van der Waals surface area contributed by atoms with E-state index in [0.29, 0.717) is 24.4 Å². The number of ether oxygens (including phenoxy) is 1. The minimum absolute atomic E-state index is 0.361. The molecule has 2 aromatic rings. The van der Waals surface area contributed by atoms with Crippen LogP contribution in [0.15, 0.2) is 35.2 Å². The molecule has 0 saturated heterocycles. The summed E-state index contributed by atoms with van der Waals surface area (Å²) in [6.45, 7) is 0. The first kappa shape index (κ1) is 11.6. The van der Waals surface area contributed by atoms with Crippen LogP contribution in [0.3, 0.4) is 0 Å². The minimum Gasteiger partial charge on any atom is -0.480 e. The van der Waals surface area contributed by atoms with Crippen molar-refractivity contribution in [3.63, 3.8) is 0 Å². The average molecular weight is 234 g/mol. The number of rotatable bonds is 5. The molecule has 0 bridgehead atoms. The summed E-state index contributed by atoms with van der Waals surface area (Å²) in [4.78, 5) is 8.08. The van der Waals surface area contributed by atoms with Gasteiger partial charge in [0, 0.05) is 18.8 Å². The number of hydrogen-bond donors (Lipinski definition) is 1. The van der Waals surface area contributed by atoms with Gasteiger partial charge in [0.2, 0.25) is 5.88 Å². The second-order valence-corrected chi connectivity index (χ2v) is 3.58. The van der Waals surface area contributed by atoms with Gasteiger partial charge in [0.1, 0.15) is 17.6 Å². The van der Waals surface area contributed by atoms with Gasteiger partial charge in [0.15, 0.2) is 0 Å². The summed E-state index contributed by atoms with van der Waals surface area (Å²) in [6.07, 6.45) is 5.14. The summed E-state index contributed by atoms with van der Waals surface area (Å²) < 4.78 is 10.2. The lowest BCUT2D eigenvalue weighted by molar-refractivity contribution is 0.155. The summed E-state index contributed by atoms with van der Waals surface area (Å²) in [7, 11) is 1.51. The Kier molecular flexibility index (Phi) is 3.72. The van der Waals surface area contributed by atoms with E-state index in [1.165, 1.54) is 19.5 Å². The Bertz CT molecular complexity index is 457. The monoisotopic (exact) mass is 234 g/mol. The quantitative estimate of drug-likeness (QED) is 0.853. The molecule has 0 fully saturated rings. The Morgan fingerprint density at radius 1 is 1.41 bits per heavy atom. The van der Waals surface area contributed by atoms with Crippen molar-refractivity contribution in [3.8, 4) is 5.88 Å². The topological polar surface area (TPSA) is 68.4 Å². The molecule has 0 saturated carbocycles. The van der Waals surface area contributed by atoms with Crippen LogP contribution in [0, 0.1) is 0 Å². The number of furan rings is 1. The van der Waals surface area contributed by atoms with E-state index in [1.54, 1.807) is 6.26 Å². The van der Waals surface area contributed by atoms with Gasteiger partial charge in [-0.25, -0.2) is 4.98 Å². The van der Waals surface area contributed by atoms with Crippen molar-refractivity contribution in [2.45, 2.75) is 18.9 Å². The maximum Gasteiger partial charge on any atom is 0.238 e. The van der Waals surface area contributed by atoms with Crippen molar-refractivity contribution < 1.29 is 14.3 Å². The number of aliphatic hydroxyl groups excluding tert-OH is 1. The van der Waals surface area contributed by atoms with Crippen molar-refractivity contribution >= 4 is 0 Å². The third kappa shape index (κ3) is 2.82. The molecule has 2 rings (SSSR count). The summed E-state index contributed by atoms with van der Waals surface area (Å²) in [5.41, 5.74) is 0.460. The first-order valence-corrected chi connectivity index (χ1v) is 5.36. The van der Waals surface area contributed by atoms with E-state index < -0.39 is 6.10 Å². The molecule has 5 heteroatoms. The van der Waals surface area contributed by atoms with Gasteiger partial charge in [-0.3, -0.25) is 4.98 Å². The van der Waals surface area contributed by atoms with Gasteiger partial charge >= 0.3 is 0 Å². The zero-order valence-electron chi connectivity index (χ0n) is 9.54. The Labute approximate surface area is 99.1 Å². The van der Waals surface area contributed by atoms with Gasteiger partial charge in [0.05, 0.1) is 13.4 Å². The SMILES string of the molecule is COc1nccnc1C(O)CCc1ccco1. The molecule has 17 heavy (non-hydrogen) atoms. The molecular formula is C12H14N2O3. The number of nitrogens with zero attached hydrogens (tertiary/aromatic N) is 2. The summed E-state index contributed by atoms with van der Waals surface area (Å²) in [5, 5.41) is 10.0. The highest BCUT2D eigenvalue weighted by Gasteiger charge is 2.16. The zero-order valence-corrected chi connectivity index (χ0v) is 9.54. The van der Waals surface area contributed by atoms with Gasteiger partial charge in [-0.05, 0) is 18.6 Å². The number of aryl methyl sites for hydroxylation is 1. The van der Waals surface area contributed by atoms with Crippen LogP contribution in [0.5, 0.6) is 5.88 Å². The predicted molar refractivity (Wildman–Crippen MR) is 60.6 cm³/mol. The lowest BCUT2D eigenvalue weighted by Crippen LogP contribution is -2.05. The smallest absolute Gasteiger partial charge is 0.238 e. The van der Waals surface area contributed by atoms with Crippen LogP contribution in [-0.2, 0) is 6.42 Å². The Hall–Kier alpha value is -1.88. The van der Waals surface area contributed by atoms with E-state index in [1.807, 2.05) is 12.1 Å². The van der Waals surface area contributed by atoms with Crippen molar-refractivity contribution in [1.82, 2.24) is 9.97 Å². The van der Waals surface area contributed by atoms with Gasteiger partial charge in [-0.2, -0.15) is 0 Å². The maximum atomic E-state index is 10.0. The van der Waals surface area contributed by atoms with Gasteiger partial charge < -0.3 is 14.3 Å². The molecule has 2 aromatic heterocycles. The lowest BCUT2D eigenvalue weighted by atomic mass is 10.1. The molecule has 0 aliphatic heterocycles. The predicted octanol–water partition coefficient (Wildman–Crippen LogP) is 1.74. The number of methoxy groups -OCH3 is 1. The van der Waals surface area contributed by atoms with Crippen molar-refractivity contribution in [3.05, 3.63) is 42.2 Å². The van der Waals surface area contributed by atoms with Crippen LogP contribution in [0.1, 0.15) is 24.0 Å². The second-order valence-electron chi connectivity index (χ2n) is 3.58. The van der Waals surface area contributed by atoms with Crippen molar-refractivity contribution in [2.24, 2.45) is 0 Å². The van der Waals surface area contributed by atoms with Gasteiger partial charge in [0.25, 0.3) is 0 Å². The average Bonchev–Trinajstić information content (AvgIpc) is 2.89. The van der Waals surface area contributed by atoms with Crippen LogP contribution in [-0.4, -0.2) is 22.2 Å². The maximum absolute atomic E-state index is 10.0. The molecule has 1 N–H and O–H groups in total. The molecule has 90 valence electrons. The summed E-state index contributed by atoms with van der Waals surface area (Å²) in [6, 6.07) is 3.70. The third-order valence-electron chi connectivity index (χ3n) is 2.44. The molecule has 0 aliphatic rings. The largest absolute Gasteiger partial charge is 0.480 e. The Morgan fingerprint density at radius 2 is 2.24 bits per heavy atom. The number of hydrogen-bond acceptors (Lipinski definition) is 5. The fourth-order valence-corrected chi connectivity index (χ4v) is 1.59. The number of aliphatic hydroxyl groups is 1. The second kappa shape index (κ2) is 5.45. The Morgan fingerprint density at radius 3 is 2.94 bits per heavy atom. The lowest BCUT2D eigenvalue weighted by Gasteiger charge is -2.11. The van der Waals surface area contributed by atoms with Crippen molar-refractivity contribution in [1.29, 1.82) is 0 Å². The molecule has 1 atom stereocenters. The van der Waals surface area contributed by atoms with Crippen LogP contribution in [0.2, 0.25) is 0 Å². The van der Waals surface area contributed by atoms with Gasteiger partial charge in [-0.1, -0.05) is 0 Å². The minimum atomic E-state index is -0.705. The standard InChI is InChI=1S/C12H14N2O3/c1-16-12-11(13-6-7-14-12)10(15)5-4-9-3-2-8-17-9/h2-3,6-8,10,15H,4-5H2,1H3. The number of aromatic nitrogens is 2. The van der Waals surface area contributed by atoms with E-state index in [-0.39, 0.29) is 0 Å². The molecule has 0 amide bonds. The fourth-order valence-electron chi connectivity index (χ4n) is 1.59. The Balaban J connectivity index is 2.01. The van der Waals surface area contributed by atoms with Gasteiger partial charge in [-0.15, -0.1) is 0 Å². The molecule has 5 nitrogen and oxygen atoms in total. The molecule has 1 unspecified atom stereocenters. The first-order chi connectivity index (χ1) is 8.31. The zero-order chi connectivity index (χ0) is 12.1. The summed E-state index contributed by atoms with van der Waals surface area (Å²) in [5.74, 6) is 1.20. The van der Waals surface area contributed by atoms with Crippen LogP contribution in [0.25, 0.3) is 0 Å². The van der Waals surface area contributed by atoms with Crippen molar-refractivity contribution in [2.75, 3.05) is 7.11 Å². The van der Waals surface area contributed by atoms with E-state index in [9.17, 15) is 5.11 Å². The van der Waals surface area contributed by atoms with Crippen LogP contribution >= 0.6 is 0 Å². The molecule has 0 radical (unpaired) electrons. The fraction of sp³-hybridized carbons (Fsp3) is 0.333. The molecule has 0 aromatic carbocycles. The highest BCUT2D eigenvalue weighted by atomic mass is 16.5. The van der Waals surface area contributed by atoms with Crippen LogP contribution in [0.4, 0.5) is 0 Å².